The van der Waals surface area contributed by atoms with Crippen LogP contribution in [0.1, 0.15) is 0 Å². The van der Waals surface area contributed by atoms with E-state index in [1.165, 1.54) is 7.05 Å². The summed E-state index contributed by atoms with van der Waals surface area (Å²) in [6.07, 6.45) is -3.37. The minimum Gasteiger partial charge on any atom is -0.285 e. The summed E-state index contributed by atoms with van der Waals surface area (Å²) >= 11 is 0. The Morgan fingerprint density at radius 1 is 1.58 bits per heavy atom. The lowest BCUT2D eigenvalue weighted by molar-refractivity contribution is -0.143. The van der Waals surface area contributed by atoms with Gasteiger partial charge in [0.15, 0.2) is 0 Å². The van der Waals surface area contributed by atoms with Gasteiger partial charge < -0.3 is 0 Å². The molecule has 0 spiro atoms. The fraction of sp³-hybridized carbons (Fsp3) is 0.600. The molecule has 4 nitrogen and oxygen atoms in total. The Morgan fingerprint density at radius 2 is 2.17 bits per heavy atom. The van der Waals surface area contributed by atoms with Crippen molar-refractivity contribution in [3.05, 3.63) is 16.8 Å². The number of rotatable bonds is 1. The van der Waals surface area contributed by atoms with Crippen LogP contribution in [0.15, 0.2) is 11.1 Å². The molecule has 0 bridgehead atoms. The van der Waals surface area contributed by atoms with Gasteiger partial charge in [0.05, 0.1) is 0 Å². The first kappa shape index (κ1) is 8.82. The third-order valence-electron chi connectivity index (χ3n) is 1.22. The number of aryl methyl sites for hydroxylation is 1. The molecular weight excluding hydrogens is 175 g/mol. The fourth-order valence-electron chi connectivity index (χ4n) is 0.699. The van der Waals surface area contributed by atoms with Crippen LogP contribution in [0.4, 0.5) is 13.2 Å². The zero-order valence-electron chi connectivity index (χ0n) is 6.17. The molecule has 0 aliphatic heterocycles. The van der Waals surface area contributed by atoms with Crippen LogP contribution in [-0.4, -0.2) is 20.5 Å². The van der Waals surface area contributed by atoms with E-state index in [0.29, 0.717) is 4.68 Å². The van der Waals surface area contributed by atoms with Gasteiger partial charge in [0, 0.05) is 7.05 Å². The Labute approximate surface area is 65.2 Å². The average molecular weight is 181 g/mol. The van der Waals surface area contributed by atoms with Crippen molar-refractivity contribution in [1.29, 1.82) is 0 Å². The summed E-state index contributed by atoms with van der Waals surface area (Å²) in [7, 11) is 1.34. The first-order valence-corrected chi connectivity index (χ1v) is 3.05. The molecule has 0 unspecified atom stereocenters. The van der Waals surface area contributed by atoms with E-state index in [2.05, 4.69) is 5.10 Å². The smallest absolute Gasteiger partial charge is 0.285 e. The van der Waals surface area contributed by atoms with E-state index < -0.39 is 18.4 Å². The van der Waals surface area contributed by atoms with E-state index >= 15 is 0 Å². The lowest BCUT2D eigenvalue weighted by Crippen LogP contribution is -2.29. The first-order chi connectivity index (χ1) is 5.40. The first-order valence-electron chi connectivity index (χ1n) is 3.05. The second-order valence-corrected chi connectivity index (χ2v) is 2.30. The van der Waals surface area contributed by atoms with Gasteiger partial charge in [0.1, 0.15) is 12.9 Å². The predicted octanol–water partition coefficient (Wildman–Crippen LogP) is 0.144. The van der Waals surface area contributed by atoms with Crippen LogP contribution in [-0.2, 0) is 13.6 Å². The average Bonchev–Trinajstić information content (AvgIpc) is 2.16. The van der Waals surface area contributed by atoms with E-state index in [4.69, 9.17) is 0 Å². The van der Waals surface area contributed by atoms with Crippen LogP contribution < -0.4 is 5.69 Å². The molecule has 0 saturated heterocycles. The molecule has 0 saturated carbocycles. The summed E-state index contributed by atoms with van der Waals surface area (Å²) in [5.74, 6) is 0. The number of halogens is 3. The summed E-state index contributed by atoms with van der Waals surface area (Å²) in [6, 6.07) is 0. The van der Waals surface area contributed by atoms with Gasteiger partial charge in [-0.05, 0) is 0 Å². The van der Waals surface area contributed by atoms with Gasteiger partial charge in [0.2, 0.25) is 0 Å². The van der Waals surface area contributed by atoms with Crippen molar-refractivity contribution in [3.8, 4) is 0 Å². The third kappa shape index (κ3) is 1.86. The maximum absolute atomic E-state index is 11.7. The lowest BCUT2D eigenvalue weighted by atomic mass is 10.6. The second-order valence-electron chi connectivity index (χ2n) is 2.30. The highest BCUT2D eigenvalue weighted by atomic mass is 19.4. The zero-order chi connectivity index (χ0) is 9.35. The lowest BCUT2D eigenvalue weighted by Gasteiger charge is -2.03. The highest BCUT2D eigenvalue weighted by Gasteiger charge is 2.29. The molecular formula is C5H6F3N3O. The van der Waals surface area contributed by atoms with Crippen LogP contribution >= 0.6 is 0 Å². The van der Waals surface area contributed by atoms with Gasteiger partial charge in [0.25, 0.3) is 0 Å². The molecule has 0 amide bonds. The molecule has 0 aromatic carbocycles. The molecule has 68 valence electrons. The predicted molar refractivity (Wildman–Crippen MR) is 33.5 cm³/mol. The van der Waals surface area contributed by atoms with Gasteiger partial charge >= 0.3 is 11.9 Å². The maximum Gasteiger partial charge on any atom is 0.408 e. The Morgan fingerprint density at radius 3 is 2.50 bits per heavy atom. The van der Waals surface area contributed by atoms with Crippen LogP contribution in [0.3, 0.4) is 0 Å². The minimum absolute atomic E-state index is 0.361. The summed E-state index contributed by atoms with van der Waals surface area (Å²) in [4.78, 5) is 10.8. The van der Waals surface area contributed by atoms with Crippen LogP contribution in [0, 0.1) is 0 Å². The number of nitrogens with zero attached hydrogens (tertiary/aromatic N) is 3. The molecule has 0 radical (unpaired) electrons. The van der Waals surface area contributed by atoms with Gasteiger partial charge in [-0.1, -0.05) is 0 Å². The van der Waals surface area contributed by atoms with Gasteiger partial charge in [-0.25, -0.2) is 9.48 Å². The van der Waals surface area contributed by atoms with Crippen molar-refractivity contribution in [2.45, 2.75) is 12.7 Å². The van der Waals surface area contributed by atoms with E-state index in [1.807, 2.05) is 0 Å². The SMILES string of the molecule is Cn1cnn(CC(F)(F)F)c1=O. The zero-order valence-corrected chi connectivity index (χ0v) is 6.17. The molecule has 7 heteroatoms. The monoisotopic (exact) mass is 181 g/mol. The quantitative estimate of drug-likeness (QED) is 0.618. The van der Waals surface area contributed by atoms with Crippen molar-refractivity contribution in [2.24, 2.45) is 7.05 Å². The van der Waals surface area contributed by atoms with Gasteiger partial charge in [-0.15, -0.1) is 0 Å². The van der Waals surface area contributed by atoms with Crippen LogP contribution in [0.2, 0.25) is 0 Å². The Bertz CT molecular complexity index is 323. The van der Waals surface area contributed by atoms with Crippen molar-refractivity contribution in [1.82, 2.24) is 14.3 Å². The summed E-state index contributed by atoms with van der Waals surface area (Å²) in [6.45, 7) is -1.34. The number of aromatic nitrogens is 3. The molecule has 1 aromatic rings. The normalized spacial score (nSPS) is 12.0. The fourth-order valence-corrected chi connectivity index (χ4v) is 0.699. The van der Waals surface area contributed by atoms with Crippen LogP contribution in [0.25, 0.3) is 0 Å². The Hall–Kier alpha value is -1.27. The van der Waals surface area contributed by atoms with Crippen molar-refractivity contribution in [3.63, 3.8) is 0 Å². The van der Waals surface area contributed by atoms with Crippen LogP contribution in [0.5, 0.6) is 0 Å². The molecule has 12 heavy (non-hydrogen) atoms. The number of hydrogen-bond acceptors (Lipinski definition) is 2. The van der Waals surface area contributed by atoms with Crippen molar-refractivity contribution < 1.29 is 13.2 Å². The summed E-state index contributed by atoms with van der Waals surface area (Å²) in [5.41, 5.74) is -0.771. The van der Waals surface area contributed by atoms with E-state index in [-0.39, 0.29) is 0 Å². The molecule has 1 aromatic heterocycles. The van der Waals surface area contributed by atoms with Gasteiger partial charge in [-0.3, -0.25) is 4.57 Å². The Balaban J connectivity index is 2.91. The molecule has 1 rings (SSSR count). The van der Waals surface area contributed by atoms with Crippen molar-refractivity contribution in [2.75, 3.05) is 0 Å². The highest BCUT2D eigenvalue weighted by Crippen LogP contribution is 2.15. The number of hydrogen-bond donors (Lipinski definition) is 0. The number of alkyl halides is 3. The molecule has 0 aliphatic carbocycles. The molecule has 0 fully saturated rings. The van der Waals surface area contributed by atoms with E-state index in [9.17, 15) is 18.0 Å². The summed E-state index contributed by atoms with van der Waals surface area (Å²) < 4.78 is 36.5. The summed E-state index contributed by atoms with van der Waals surface area (Å²) in [5, 5.41) is 3.25. The van der Waals surface area contributed by atoms with Gasteiger partial charge in [-0.2, -0.15) is 18.3 Å². The third-order valence-corrected chi connectivity index (χ3v) is 1.22. The van der Waals surface area contributed by atoms with E-state index in [1.54, 1.807) is 0 Å². The highest BCUT2D eigenvalue weighted by molar-refractivity contribution is 4.66. The standard InChI is InChI=1S/C5H6F3N3O/c1-10-3-9-11(4(10)12)2-5(6,7)8/h3H,2H2,1H3. The molecule has 0 aliphatic rings. The minimum atomic E-state index is -4.40. The molecule has 0 atom stereocenters. The largest absolute Gasteiger partial charge is 0.408 e. The van der Waals surface area contributed by atoms with Crippen molar-refractivity contribution >= 4 is 0 Å². The molecule has 1 heterocycles. The second kappa shape index (κ2) is 2.65. The van der Waals surface area contributed by atoms with E-state index in [0.717, 1.165) is 10.9 Å². The molecule has 0 N–H and O–H groups in total. The Kier molecular flexibility index (Phi) is 1.95. The topological polar surface area (TPSA) is 39.8 Å². The maximum atomic E-state index is 11.7.